The van der Waals surface area contributed by atoms with E-state index in [0.717, 1.165) is 0 Å². The van der Waals surface area contributed by atoms with E-state index in [1.807, 2.05) is 0 Å². The largest absolute Gasteiger partial charge is 0.478 e. The second-order valence-electron chi connectivity index (χ2n) is 3.17. The zero-order valence-corrected chi connectivity index (χ0v) is 8.61. The first-order valence-electron chi connectivity index (χ1n) is 4.42. The van der Waals surface area contributed by atoms with Gasteiger partial charge in [-0.3, -0.25) is 4.79 Å². The van der Waals surface area contributed by atoms with Gasteiger partial charge in [0.05, 0.1) is 12.2 Å². The Bertz CT molecular complexity index is 396. The van der Waals surface area contributed by atoms with Crippen LogP contribution in [0.1, 0.15) is 33.2 Å². The van der Waals surface area contributed by atoms with Gasteiger partial charge in [-0.25, -0.2) is 4.79 Å². The molecule has 0 spiro atoms. The van der Waals surface area contributed by atoms with Gasteiger partial charge in [0.1, 0.15) is 0 Å². The number of carboxylic acids is 1. The van der Waals surface area contributed by atoms with E-state index in [1.165, 1.54) is 20.1 Å². The fraction of sp³-hybridized carbons (Fsp3) is 0.273. The second-order valence-corrected chi connectivity index (χ2v) is 3.17. The third kappa shape index (κ3) is 2.63. The van der Waals surface area contributed by atoms with E-state index in [4.69, 9.17) is 9.84 Å². The minimum Gasteiger partial charge on any atom is -0.478 e. The standard InChI is InChI=1S/C11H12O4/c1-7(12)8-3-4-9(6-15-2)10(5-8)11(13)14/h3-5H,6H2,1-2H3,(H,13,14). The van der Waals surface area contributed by atoms with Crippen molar-refractivity contribution in [1.82, 2.24) is 0 Å². The Morgan fingerprint density at radius 1 is 1.40 bits per heavy atom. The Morgan fingerprint density at radius 2 is 2.07 bits per heavy atom. The number of rotatable bonds is 4. The predicted octanol–water partition coefficient (Wildman–Crippen LogP) is 1.73. The number of carbonyl (C=O) groups excluding carboxylic acids is 1. The van der Waals surface area contributed by atoms with Crippen molar-refractivity contribution in [3.63, 3.8) is 0 Å². The second kappa shape index (κ2) is 4.70. The Labute approximate surface area is 87.5 Å². The van der Waals surface area contributed by atoms with Gasteiger partial charge in [0, 0.05) is 12.7 Å². The van der Waals surface area contributed by atoms with Crippen molar-refractivity contribution >= 4 is 11.8 Å². The van der Waals surface area contributed by atoms with Crippen LogP contribution in [0.4, 0.5) is 0 Å². The quantitative estimate of drug-likeness (QED) is 0.765. The van der Waals surface area contributed by atoms with Crippen molar-refractivity contribution in [2.75, 3.05) is 7.11 Å². The van der Waals surface area contributed by atoms with Gasteiger partial charge in [-0.1, -0.05) is 12.1 Å². The third-order valence-corrected chi connectivity index (χ3v) is 2.05. The Balaban J connectivity index is 3.20. The summed E-state index contributed by atoms with van der Waals surface area (Å²) in [5, 5.41) is 8.93. The normalized spacial score (nSPS) is 10.0. The van der Waals surface area contributed by atoms with Gasteiger partial charge < -0.3 is 9.84 Å². The van der Waals surface area contributed by atoms with Crippen LogP contribution >= 0.6 is 0 Å². The minimum absolute atomic E-state index is 0.115. The number of hydrogen-bond donors (Lipinski definition) is 1. The molecular formula is C11H12O4. The molecule has 0 unspecified atom stereocenters. The zero-order chi connectivity index (χ0) is 11.4. The zero-order valence-electron chi connectivity index (χ0n) is 8.61. The van der Waals surface area contributed by atoms with Gasteiger partial charge in [0.2, 0.25) is 0 Å². The molecule has 0 heterocycles. The van der Waals surface area contributed by atoms with Crippen LogP contribution < -0.4 is 0 Å². The molecule has 4 nitrogen and oxygen atoms in total. The molecule has 0 saturated carbocycles. The first-order chi connectivity index (χ1) is 7.06. The summed E-state index contributed by atoms with van der Waals surface area (Å²) in [5.74, 6) is -1.20. The maximum Gasteiger partial charge on any atom is 0.336 e. The summed E-state index contributed by atoms with van der Waals surface area (Å²) in [4.78, 5) is 22.0. The van der Waals surface area contributed by atoms with Crippen molar-refractivity contribution in [3.05, 3.63) is 34.9 Å². The van der Waals surface area contributed by atoms with Crippen LogP contribution in [0.15, 0.2) is 18.2 Å². The van der Waals surface area contributed by atoms with Crippen molar-refractivity contribution < 1.29 is 19.4 Å². The van der Waals surface area contributed by atoms with Crippen molar-refractivity contribution in [3.8, 4) is 0 Å². The molecule has 80 valence electrons. The summed E-state index contributed by atoms with van der Waals surface area (Å²) in [6.07, 6.45) is 0. The van der Waals surface area contributed by atoms with Crippen molar-refractivity contribution in [2.24, 2.45) is 0 Å². The molecule has 1 N–H and O–H groups in total. The van der Waals surface area contributed by atoms with E-state index in [9.17, 15) is 9.59 Å². The lowest BCUT2D eigenvalue weighted by atomic mass is 10.0. The van der Waals surface area contributed by atoms with E-state index < -0.39 is 5.97 Å². The lowest BCUT2D eigenvalue weighted by Crippen LogP contribution is -2.06. The first kappa shape index (κ1) is 11.4. The molecule has 4 heteroatoms. The molecule has 0 saturated heterocycles. The summed E-state index contributed by atoms with van der Waals surface area (Å²) in [5.41, 5.74) is 1.08. The van der Waals surface area contributed by atoms with Gasteiger partial charge >= 0.3 is 5.97 Å². The lowest BCUT2D eigenvalue weighted by molar-refractivity contribution is 0.0692. The number of ether oxygens (including phenoxy) is 1. The summed E-state index contributed by atoms with van der Waals surface area (Å²) < 4.78 is 4.87. The number of methoxy groups -OCH3 is 1. The van der Waals surface area contributed by atoms with Crippen molar-refractivity contribution in [1.29, 1.82) is 0 Å². The molecule has 0 aromatic heterocycles. The maximum atomic E-state index is 11.1. The van der Waals surface area contributed by atoms with E-state index in [1.54, 1.807) is 12.1 Å². The van der Waals surface area contributed by atoms with Crippen LogP contribution in [0.2, 0.25) is 0 Å². The molecular weight excluding hydrogens is 196 g/mol. The molecule has 0 atom stereocenters. The first-order valence-corrected chi connectivity index (χ1v) is 4.42. The molecule has 0 bridgehead atoms. The van der Waals surface area contributed by atoms with E-state index in [2.05, 4.69) is 0 Å². The predicted molar refractivity (Wildman–Crippen MR) is 54.1 cm³/mol. The van der Waals surface area contributed by atoms with Crippen LogP contribution in [0.5, 0.6) is 0 Å². The van der Waals surface area contributed by atoms with Gasteiger partial charge in [-0.15, -0.1) is 0 Å². The molecule has 0 fully saturated rings. The summed E-state index contributed by atoms with van der Waals surface area (Å²) >= 11 is 0. The van der Waals surface area contributed by atoms with Gasteiger partial charge in [0.15, 0.2) is 5.78 Å². The highest BCUT2D eigenvalue weighted by atomic mass is 16.5. The van der Waals surface area contributed by atoms with E-state index >= 15 is 0 Å². The Hall–Kier alpha value is -1.68. The van der Waals surface area contributed by atoms with Crippen molar-refractivity contribution in [2.45, 2.75) is 13.5 Å². The summed E-state index contributed by atoms with van der Waals surface area (Å²) in [7, 11) is 1.49. The van der Waals surface area contributed by atoms with Crippen LogP contribution in [-0.4, -0.2) is 24.0 Å². The molecule has 15 heavy (non-hydrogen) atoms. The SMILES string of the molecule is COCc1ccc(C(C)=O)cc1C(=O)O. The third-order valence-electron chi connectivity index (χ3n) is 2.05. The van der Waals surface area contributed by atoms with E-state index in [0.29, 0.717) is 11.1 Å². The van der Waals surface area contributed by atoms with Crippen LogP contribution in [0.25, 0.3) is 0 Å². The monoisotopic (exact) mass is 208 g/mol. The highest BCUT2D eigenvalue weighted by molar-refractivity contribution is 5.98. The number of Topliss-reactive ketones (excluding diaryl/α,β-unsaturated/α-hetero) is 1. The number of benzene rings is 1. The minimum atomic E-state index is -1.05. The molecule has 1 aromatic carbocycles. The molecule has 1 rings (SSSR count). The smallest absolute Gasteiger partial charge is 0.336 e. The van der Waals surface area contributed by atoms with Crippen LogP contribution in [-0.2, 0) is 11.3 Å². The fourth-order valence-electron chi connectivity index (χ4n) is 1.28. The topological polar surface area (TPSA) is 63.6 Å². The molecule has 0 amide bonds. The number of ketones is 1. The molecule has 0 radical (unpaired) electrons. The number of aromatic carboxylic acids is 1. The molecule has 0 aliphatic heterocycles. The number of carbonyl (C=O) groups is 2. The number of carboxylic acid groups (broad SMARTS) is 1. The number of hydrogen-bond acceptors (Lipinski definition) is 3. The molecule has 0 aliphatic rings. The highest BCUT2D eigenvalue weighted by Crippen LogP contribution is 2.13. The summed E-state index contributed by atoms with van der Waals surface area (Å²) in [6, 6.07) is 4.58. The molecule has 0 aliphatic carbocycles. The highest BCUT2D eigenvalue weighted by Gasteiger charge is 2.12. The maximum absolute atomic E-state index is 11.1. The Kier molecular flexibility index (Phi) is 3.57. The van der Waals surface area contributed by atoms with Crippen LogP contribution in [0, 0.1) is 0 Å². The summed E-state index contributed by atoms with van der Waals surface area (Å²) in [6.45, 7) is 1.62. The van der Waals surface area contributed by atoms with Crippen LogP contribution in [0.3, 0.4) is 0 Å². The van der Waals surface area contributed by atoms with Gasteiger partial charge in [-0.05, 0) is 18.6 Å². The van der Waals surface area contributed by atoms with Gasteiger partial charge in [0.25, 0.3) is 0 Å². The average Bonchev–Trinajstić information content (AvgIpc) is 2.18. The average molecular weight is 208 g/mol. The Morgan fingerprint density at radius 3 is 2.53 bits per heavy atom. The van der Waals surface area contributed by atoms with E-state index in [-0.39, 0.29) is 18.0 Å². The molecule has 1 aromatic rings. The van der Waals surface area contributed by atoms with Gasteiger partial charge in [-0.2, -0.15) is 0 Å². The fourth-order valence-corrected chi connectivity index (χ4v) is 1.28. The lowest BCUT2D eigenvalue weighted by Gasteiger charge is -2.06.